The number of aliphatic imine (C=N–C) groups is 1. The maximum Gasteiger partial charge on any atom is 0.191 e. The highest BCUT2D eigenvalue weighted by atomic mass is 127. The van der Waals surface area contributed by atoms with Crippen LogP contribution in [0.4, 0.5) is 0 Å². The van der Waals surface area contributed by atoms with Crippen LogP contribution in [-0.4, -0.2) is 64.3 Å². The van der Waals surface area contributed by atoms with Crippen LogP contribution in [-0.2, 0) is 0 Å². The van der Waals surface area contributed by atoms with Crippen molar-refractivity contribution in [3.63, 3.8) is 0 Å². The Morgan fingerprint density at radius 3 is 2.32 bits per heavy atom. The summed E-state index contributed by atoms with van der Waals surface area (Å²) in [6.07, 6.45) is 1.16. The second-order valence-corrected chi connectivity index (χ2v) is 5.69. The summed E-state index contributed by atoms with van der Waals surface area (Å²) < 4.78 is 10.8. The molecule has 7 heteroatoms. The third kappa shape index (κ3) is 9.74. The van der Waals surface area contributed by atoms with Gasteiger partial charge in [-0.25, -0.2) is 0 Å². The van der Waals surface area contributed by atoms with Gasteiger partial charge in [0.15, 0.2) is 5.96 Å². The largest absolute Gasteiger partial charge is 0.497 e. The summed E-state index contributed by atoms with van der Waals surface area (Å²) in [5.74, 6) is 2.45. The molecule has 0 bridgehead atoms. The Labute approximate surface area is 169 Å². The van der Waals surface area contributed by atoms with Gasteiger partial charge in [-0.3, -0.25) is 4.99 Å². The van der Waals surface area contributed by atoms with Crippen LogP contribution in [0.2, 0.25) is 0 Å². The molecule has 1 rings (SSSR count). The molecule has 0 aliphatic rings. The molecule has 1 unspecified atom stereocenters. The number of halogens is 1. The van der Waals surface area contributed by atoms with Gasteiger partial charge in [-0.05, 0) is 44.7 Å². The average Bonchev–Trinajstić information content (AvgIpc) is 2.63. The van der Waals surface area contributed by atoms with Gasteiger partial charge >= 0.3 is 0 Å². The predicted octanol–water partition coefficient (Wildman–Crippen LogP) is 2.59. The van der Waals surface area contributed by atoms with Crippen molar-refractivity contribution >= 4 is 29.9 Å². The number of methoxy groups -OCH3 is 1. The smallest absolute Gasteiger partial charge is 0.191 e. The molecule has 6 nitrogen and oxygen atoms in total. The standard InChI is InChI=1S/C18H32N4O2.HI/c1-6-15(2)22(4)13-11-20-18(19-3)21-12-14-24-17-9-7-16(23-5)8-10-17;/h7-10,15H,6,11-14H2,1-5H3,(H2,19,20,21);1H. The first-order chi connectivity index (χ1) is 11.6. The molecule has 0 saturated heterocycles. The van der Waals surface area contributed by atoms with E-state index in [9.17, 15) is 0 Å². The molecule has 0 fully saturated rings. The van der Waals surface area contributed by atoms with Gasteiger partial charge in [0.1, 0.15) is 18.1 Å². The number of rotatable bonds is 10. The fourth-order valence-corrected chi connectivity index (χ4v) is 2.11. The number of nitrogens with one attached hydrogen (secondary N) is 2. The maximum atomic E-state index is 5.68. The Bertz CT molecular complexity index is 482. The monoisotopic (exact) mass is 464 g/mol. The number of benzene rings is 1. The van der Waals surface area contributed by atoms with Crippen LogP contribution in [0.15, 0.2) is 29.3 Å². The van der Waals surface area contributed by atoms with E-state index < -0.39 is 0 Å². The SMILES string of the molecule is CCC(C)N(C)CCNC(=NC)NCCOc1ccc(OC)cc1.I. The van der Waals surface area contributed by atoms with E-state index in [1.807, 2.05) is 24.3 Å². The van der Waals surface area contributed by atoms with Crippen molar-refractivity contribution in [1.82, 2.24) is 15.5 Å². The number of likely N-dealkylation sites (N-methyl/N-ethyl adjacent to an activating group) is 1. The predicted molar refractivity (Wildman–Crippen MR) is 116 cm³/mol. The summed E-state index contributed by atoms with van der Waals surface area (Å²) in [6.45, 7) is 7.55. The van der Waals surface area contributed by atoms with Gasteiger partial charge in [0, 0.05) is 26.2 Å². The lowest BCUT2D eigenvalue weighted by Crippen LogP contribution is -2.43. The molecule has 0 aromatic heterocycles. The van der Waals surface area contributed by atoms with Gasteiger partial charge in [0.2, 0.25) is 0 Å². The minimum absolute atomic E-state index is 0. The maximum absolute atomic E-state index is 5.68. The highest BCUT2D eigenvalue weighted by Crippen LogP contribution is 2.16. The topological polar surface area (TPSA) is 58.1 Å². The molecule has 0 aliphatic carbocycles. The van der Waals surface area contributed by atoms with E-state index in [1.54, 1.807) is 14.2 Å². The molecule has 0 amide bonds. The third-order valence-electron chi connectivity index (χ3n) is 4.05. The fourth-order valence-electron chi connectivity index (χ4n) is 2.11. The van der Waals surface area contributed by atoms with Crippen LogP contribution in [0.25, 0.3) is 0 Å². The van der Waals surface area contributed by atoms with Crippen molar-refractivity contribution in [3.8, 4) is 11.5 Å². The van der Waals surface area contributed by atoms with E-state index in [4.69, 9.17) is 9.47 Å². The zero-order valence-corrected chi connectivity index (χ0v) is 18.4. The van der Waals surface area contributed by atoms with E-state index in [1.165, 1.54) is 0 Å². The number of hydrogen-bond donors (Lipinski definition) is 2. The van der Waals surface area contributed by atoms with Gasteiger partial charge in [-0.2, -0.15) is 0 Å². The molecule has 1 aromatic carbocycles. The zero-order valence-electron chi connectivity index (χ0n) is 16.0. The number of nitrogens with zero attached hydrogens (tertiary/aromatic N) is 2. The molecular weight excluding hydrogens is 431 g/mol. The third-order valence-corrected chi connectivity index (χ3v) is 4.05. The molecule has 144 valence electrons. The molecular formula is C18H33IN4O2. The number of hydrogen-bond acceptors (Lipinski definition) is 4. The Morgan fingerprint density at radius 2 is 1.76 bits per heavy atom. The molecule has 1 atom stereocenters. The summed E-state index contributed by atoms with van der Waals surface area (Å²) in [5, 5.41) is 6.57. The summed E-state index contributed by atoms with van der Waals surface area (Å²) in [4.78, 5) is 6.56. The lowest BCUT2D eigenvalue weighted by molar-refractivity contribution is 0.255. The molecule has 0 spiro atoms. The van der Waals surface area contributed by atoms with Gasteiger partial charge in [0.25, 0.3) is 0 Å². The van der Waals surface area contributed by atoms with Crippen LogP contribution in [0, 0.1) is 0 Å². The zero-order chi connectivity index (χ0) is 17.8. The average molecular weight is 464 g/mol. The highest BCUT2D eigenvalue weighted by Gasteiger charge is 2.06. The molecule has 1 aromatic rings. The van der Waals surface area contributed by atoms with E-state index in [2.05, 4.69) is 41.4 Å². The van der Waals surface area contributed by atoms with Gasteiger partial charge in [-0.1, -0.05) is 6.92 Å². The molecule has 0 heterocycles. The second kappa shape index (κ2) is 14.0. The quantitative estimate of drug-likeness (QED) is 0.241. The molecule has 25 heavy (non-hydrogen) atoms. The summed E-state index contributed by atoms with van der Waals surface area (Å²) in [7, 11) is 5.58. The van der Waals surface area contributed by atoms with Crippen molar-refractivity contribution in [2.75, 3.05) is 47.4 Å². The first kappa shape index (κ1) is 23.8. The van der Waals surface area contributed by atoms with Gasteiger partial charge in [0.05, 0.1) is 13.7 Å². The first-order valence-corrected chi connectivity index (χ1v) is 8.52. The van der Waals surface area contributed by atoms with Gasteiger partial charge < -0.3 is 25.0 Å². The van der Waals surface area contributed by atoms with Crippen molar-refractivity contribution in [1.29, 1.82) is 0 Å². The number of guanidine groups is 1. The fraction of sp³-hybridized carbons (Fsp3) is 0.611. The Hall–Kier alpha value is -1.22. The first-order valence-electron chi connectivity index (χ1n) is 8.52. The van der Waals surface area contributed by atoms with Crippen LogP contribution >= 0.6 is 24.0 Å². The minimum atomic E-state index is 0. The van der Waals surface area contributed by atoms with Crippen LogP contribution in [0.1, 0.15) is 20.3 Å². The lowest BCUT2D eigenvalue weighted by Gasteiger charge is -2.24. The van der Waals surface area contributed by atoms with Gasteiger partial charge in [-0.15, -0.1) is 24.0 Å². The summed E-state index contributed by atoms with van der Waals surface area (Å²) in [5.41, 5.74) is 0. The van der Waals surface area contributed by atoms with E-state index >= 15 is 0 Å². The van der Waals surface area contributed by atoms with E-state index in [0.29, 0.717) is 19.2 Å². The van der Waals surface area contributed by atoms with Crippen molar-refractivity contribution in [2.24, 2.45) is 4.99 Å². The molecule has 0 saturated carbocycles. The van der Waals surface area contributed by atoms with Crippen LogP contribution in [0.5, 0.6) is 11.5 Å². The van der Waals surface area contributed by atoms with Crippen molar-refractivity contribution < 1.29 is 9.47 Å². The Morgan fingerprint density at radius 1 is 1.16 bits per heavy atom. The second-order valence-electron chi connectivity index (χ2n) is 5.69. The lowest BCUT2D eigenvalue weighted by atomic mass is 10.2. The normalized spacial score (nSPS) is 12.3. The van der Waals surface area contributed by atoms with E-state index in [0.717, 1.165) is 37.0 Å². The molecule has 0 aliphatic heterocycles. The molecule has 2 N–H and O–H groups in total. The Balaban J connectivity index is 0.00000576. The summed E-state index contributed by atoms with van der Waals surface area (Å²) in [6, 6.07) is 8.17. The number of ether oxygens (including phenoxy) is 2. The highest BCUT2D eigenvalue weighted by molar-refractivity contribution is 14.0. The van der Waals surface area contributed by atoms with Crippen molar-refractivity contribution in [2.45, 2.75) is 26.3 Å². The van der Waals surface area contributed by atoms with Crippen LogP contribution < -0.4 is 20.1 Å². The molecule has 0 radical (unpaired) electrons. The Kier molecular flexibility index (Phi) is 13.3. The van der Waals surface area contributed by atoms with E-state index in [-0.39, 0.29) is 24.0 Å². The minimum Gasteiger partial charge on any atom is -0.497 e. The summed E-state index contributed by atoms with van der Waals surface area (Å²) >= 11 is 0. The van der Waals surface area contributed by atoms with Crippen molar-refractivity contribution in [3.05, 3.63) is 24.3 Å². The van der Waals surface area contributed by atoms with Crippen LogP contribution in [0.3, 0.4) is 0 Å².